The maximum Gasteiger partial charge on any atom is 0.408 e. The monoisotopic (exact) mass is 752 g/mol. The molecule has 0 aromatic heterocycles. The quantitative estimate of drug-likeness (QED) is 0.0381. The van der Waals surface area contributed by atoms with E-state index in [0.29, 0.717) is 58.0 Å². The van der Waals surface area contributed by atoms with Crippen molar-refractivity contribution < 1.29 is 33.4 Å². The first kappa shape index (κ1) is 49.7. The zero-order valence-corrected chi connectivity index (χ0v) is 34.7. The Morgan fingerprint density at radius 2 is 1.02 bits per heavy atom. The molecule has 0 fully saturated rings. The number of carbonyl (C=O) groups is 5. The Labute approximate surface area is 321 Å². The average Bonchev–Trinajstić information content (AvgIpc) is 3.06. The van der Waals surface area contributed by atoms with E-state index in [9.17, 15) is 24.0 Å². The summed E-state index contributed by atoms with van der Waals surface area (Å²) in [6.07, 6.45) is 22.5. The Morgan fingerprint density at radius 1 is 0.547 bits per heavy atom. The van der Waals surface area contributed by atoms with Gasteiger partial charge in [0.1, 0.15) is 23.3 Å². The second-order valence-electron chi connectivity index (χ2n) is 16.0. The molecule has 5 amide bonds. The molecule has 2 unspecified atom stereocenters. The highest BCUT2D eigenvalue weighted by atomic mass is 16.6. The number of likely N-dealkylation sites (N-methyl/N-ethyl adjacent to an activating group) is 1. The molecule has 0 spiro atoms. The van der Waals surface area contributed by atoms with Crippen LogP contribution < -0.4 is 26.6 Å². The molecule has 0 aliphatic rings. The summed E-state index contributed by atoms with van der Waals surface area (Å²) in [5, 5.41) is 13.8. The molecule has 5 N–H and O–H groups in total. The summed E-state index contributed by atoms with van der Waals surface area (Å²) in [7, 11) is 1.55. The Kier molecular flexibility index (Phi) is 28.2. The summed E-state index contributed by atoms with van der Waals surface area (Å²) in [6.45, 7) is 13.6. The van der Waals surface area contributed by atoms with Crippen molar-refractivity contribution in [3.63, 3.8) is 0 Å². The predicted octanol–water partition coefficient (Wildman–Crippen LogP) is 8.13. The molecule has 0 heterocycles. The van der Waals surface area contributed by atoms with Gasteiger partial charge in [-0.2, -0.15) is 0 Å². The molecule has 0 bridgehead atoms. The fourth-order valence-electron chi connectivity index (χ4n) is 5.57. The molecule has 0 aliphatic carbocycles. The largest absolute Gasteiger partial charge is 0.444 e. The number of carbonyl (C=O) groups excluding carboxylic acids is 5. The van der Waals surface area contributed by atoms with Gasteiger partial charge in [0.25, 0.3) is 0 Å². The van der Waals surface area contributed by atoms with Crippen molar-refractivity contribution in [3.8, 4) is 0 Å². The minimum absolute atomic E-state index is 0.123. The number of allylic oxidation sites excluding steroid dienone is 2. The summed E-state index contributed by atoms with van der Waals surface area (Å²) in [5.74, 6) is -0.705. The van der Waals surface area contributed by atoms with Gasteiger partial charge in [0.15, 0.2) is 0 Å². The van der Waals surface area contributed by atoms with Crippen molar-refractivity contribution in [2.45, 2.75) is 200 Å². The molecule has 0 rings (SSSR count). The summed E-state index contributed by atoms with van der Waals surface area (Å²) < 4.78 is 10.6. The van der Waals surface area contributed by atoms with Crippen molar-refractivity contribution in [1.29, 1.82) is 0 Å². The minimum atomic E-state index is -0.819. The van der Waals surface area contributed by atoms with Crippen LogP contribution in [-0.2, 0) is 23.9 Å². The third kappa shape index (κ3) is 31.9. The molecule has 12 nitrogen and oxygen atoms in total. The van der Waals surface area contributed by atoms with E-state index in [4.69, 9.17) is 9.47 Å². The Bertz CT molecular complexity index is 1050. The predicted molar refractivity (Wildman–Crippen MR) is 214 cm³/mol. The normalized spacial score (nSPS) is 12.8. The molecule has 12 heteroatoms. The zero-order valence-electron chi connectivity index (χ0n) is 34.7. The van der Waals surface area contributed by atoms with Crippen molar-refractivity contribution in [3.05, 3.63) is 12.2 Å². The highest BCUT2D eigenvalue weighted by Gasteiger charge is 2.24. The fraction of sp³-hybridized carbons (Fsp3) is 0.829. The molecule has 0 radical (unpaired) electrons. The molecular weight excluding hydrogens is 674 g/mol. The van der Waals surface area contributed by atoms with E-state index in [0.717, 1.165) is 32.1 Å². The number of ether oxygens (including phenoxy) is 2. The van der Waals surface area contributed by atoms with Crippen LogP contribution in [0.15, 0.2) is 12.2 Å². The van der Waals surface area contributed by atoms with Gasteiger partial charge in [0.2, 0.25) is 17.7 Å². The van der Waals surface area contributed by atoms with E-state index in [1.807, 2.05) is 0 Å². The number of alkyl carbamates (subject to hydrolysis) is 2. The number of hydrogen-bond acceptors (Lipinski definition) is 7. The summed E-state index contributed by atoms with van der Waals surface area (Å²) in [6, 6.07) is -1.46. The number of nitrogens with one attached hydrogen (secondary N) is 5. The number of rotatable bonds is 29. The smallest absolute Gasteiger partial charge is 0.408 e. The van der Waals surface area contributed by atoms with Crippen LogP contribution in [0, 0.1) is 0 Å². The Balaban J connectivity index is 4.49. The van der Waals surface area contributed by atoms with Crippen molar-refractivity contribution >= 4 is 29.9 Å². The Morgan fingerprint density at radius 3 is 1.55 bits per heavy atom. The number of amides is 5. The molecule has 53 heavy (non-hydrogen) atoms. The standard InChI is InChI=1S/C41H77N5O7/c1-9-10-11-12-13-14-15-16-17-18-19-20-21-22-23-30-35(47)45-33(36(48)42-8)28-24-26-31-43-37(49)34(46-39(51)53-41(5,6)7)29-25-27-32-44-38(50)52-40(2,3)4/h16-17,33-34H,9-15,18-32H2,1-8H3,(H,42,48)(H,43,49)(H,44,50)(H,45,47)(H,46,51)/b17-16-. The lowest BCUT2D eigenvalue weighted by molar-refractivity contribution is -0.129. The van der Waals surface area contributed by atoms with Gasteiger partial charge in [0, 0.05) is 26.6 Å². The van der Waals surface area contributed by atoms with E-state index in [2.05, 4.69) is 45.7 Å². The van der Waals surface area contributed by atoms with Gasteiger partial charge in [-0.3, -0.25) is 14.4 Å². The van der Waals surface area contributed by atoms with E-state index in [-0.39, 0.29) is 17.7 Å². The third-order valence-electron chi connectivity index (χ3n) is 8.38. The lowest BCUT2D eigenvalue weighted by atomic mass is 10.1. The van der Waals surface area contributed by atoms with Gasteiger partial charge >= 0.3 is 12.2 Å². The van der Waals surface area contributed by atoms with Gasteiger partial charge < -0.3 is 36.1 Å². The van der Waals surface area contributed by atoms with Crippen LogP contribution >= 0.6 is 0 Å². The van der Waals surface area contributed by atoms with Crippen LogP contribution in [0.3, 0.4) is 0 Å². The zero-order chi connectivity index (χ0) is 40.0. The summed E-state index contributed by atoms with van der Waals surface area (Å²) in [4.78, 5) is 62.5. The molecule has 0 aromatic carbocycles. The highest BCUT2D eigenvalue weighted by Crippen LogP contribution is 2.12. The first-order chi connectivity index (χ1) is 25.1. The molecular formula is C41H77N5O7. The minimum Gasteiger partial charge on any atom is -0.444 e. The summed E-state index contributed by atoms with van der Waals surface area (Å²) in [5.41, 5.74) is -1.31. The van der Waals surface area contributed by atoms with E-state index in [1.165, 1.54) is 51.4 Å². The van der Waals surface area contributed by atoms with Crippen LogP contribution in [0.1, 0.15) is 177 Å². The van der Waals surface area contributed by atoms with Crippen LogP contribution in [0.5, 0.6) is 0 Å². The van der Waals surface area contributed by atoms with Gasteiger partial charge in [0.05, 0.1) is 0 Å². The van der Waals surface area contributed by atoms with Crippen molar-refractivity contribution in [2.75, 3.05) is 20.1 Å². The van der Waals surface area contributed by atoms with Gasteiger partial charge in [-0.05, 0) is 112 Å². The number of unbranched alkanes of at least 4 members (excludes halogenated alkanes) is 13. The second kappa shape index (κ2) is 30.1. The molecule has 0 aromatic rings. The lowest BCUT2D eigenvalue weighted by Gasteiger charge is -2.23. The van der Waals surface area contributed by atoms with Crippen LogP contribution in [-0.4, -0.2) is 73.3 Å². The third-order valence-corrected chi connectivity index (χ3v) is 8.38. The van der Waals surface area contributed by atoms with Crippen LogP contribution in [0.2, 0.25) is 0 Å². The van der Waals surface area contributed by atoms with E-state index < -0.39 is 35.5 Å². The van der Waals surface area contributed by atoms with Crippen LogP contribution in [0.4, 0.5) is 9.59 Å². The van der Waals surface area contributed by atoms with Crippen molar-refractivity contribution in [2.24, 2.45) is 0 Å². The van der Waals surface area contributed by atoms with Gasteiger partial charge in [-0.1, -0.05) is 70.4 Å². The van der Waals surface area contributed by atoms with Crippen LogP contribution in [0.25, 0.3) is 0 Å². The maximum atomic E-state index is 13.1. The van der Waals surface area contributed by atoms with Crippen molar-refractivity contribution in [1.82, 2.24) is 26.6 Å². The molecule has 2 atom stereocenters. The molecule has 0 saturated carbocycles. The SMILES string of the molecule is CCCCCCCC/C=C\CCCCCCCC(=O)NC(CCCCNC(=O)C(CCCCNC(=O)OC(C)(C)C)NC(=O)OC(C)(C)C)C(=O)NC. The maximum absolute atomic E-state index is 13.1. The summed E-state index contributed by atoms with van der Waals surface area (Å²) >= 11 is 0. The first-order valence-corrected chi connectivity index (χ1v) is 20.5. The lowest BCUT2D eigenvalue weighted by Crippen LogP contribution is -2.48. The second-order valence-corrected chi connectivity index (χ2v) is 16.0. The van der Waals surface area contributed by atoms with E-state index in [1.54, 1.807) is 48.6 Å². The van der Waals surface area contributed by atoms with Gasteiger partial charge in [-0.15, -0.1) is 0 Å². The Hall–Kier alpha value is -3.31. The number of hydrogen-bond donors (Lipinski definition) is 5. The van der Waals surface area contributed by atoms with Gasteiger partial charge in [-0.25, -0.2) is 9.59 Å². The molecule has 308 valence electrons. The molecule has 0 saturated heterocycles. The van der Waals surface area contributed by atoms with E-state index >= 15 is 0 Å². The fourth-order valence-corrected chi connectivity index (χ4v) is 5.57. The first-order valence-electron chi connectivity index (χ1n) is 20.5. The topological polar surface area (TPSA) is 164 Å². The highest BCUT2D eigenvalue weighted by molar-refractivity contribution is 5.87. The molecule has 0 aliphatic heterocycles. The average molecular weight is 752 g/mol.